The minimum atomic E-state index is -0.744. The SMILES string of the molecule is CI.II.O=Cc1ccccc1.[2HH].[B]C(=O)/C(=C/c1ccccc1)N=[N+]=[N-].[B]C(=O)c1cc2ccccc2[nH]1.[B]COCN=[N+]=[N-].[I][V][I].[I][V][I]. The van der Waals surface area contributed by atoms with Gasteiger partial charge in [0.1, 0.15) is 32.2 Å². The first kappa shape index (κ1) is 58.7. The Morgan fingerprint density at radius 3 is 1.71 bits per heavy atom. The Balaban J connectivity index is -0.000000177. The van der Waals surface area contributed by atoms with Crippen LogP contribution in [0.5, 0.6) is 0 Å². The van der Waals surface area contributed by atoms with Crippen LogP contribution < -0.4 is 0 Å². The van der Waals surface area contributed by atoms with Crippen LogP contribution in [0.2, 0.25) is 0 Å². The quantitative estimate of drug-likeness (QED) is 0.0213. The number of halogens is 7. The van der Waals surface area contributed by atoms with Gasteiger partial charge in [0.15, 0.2) is 15.7 Å². The van der Waals surface area contributed by atoms with E-state index in [2.05, 4.69) is 170 Å². The first-order valence-corrected chi connectivity index (χ1v) is 39.3. The van der Waals surface area contributed by atoms with Crippen LogP contribution in [-0.2, 0) is 28.5 Å². The monoisotopic (exact) mass is 1550 g/mol. The van der Waals surface area contributed by atoms with Crippen molar-refractivity contribution < 1.29 is 39.5 Å². The molecule has 0 aliphatic carbocycles. The molecule has 6 radical (unpaired) electrons. The summed E-state index contributed by atoms with van der Waals surface area (Å²) in [5.74, 6) is 0. The Kier molecular flexibility index (Phi) is 54.3. The van der Waals surface area contributed by atoms with Crippen molar-refractivity contribution in [1.29, 1.82) is 0 Å². The van der Waals surface area contributed by atoms with E-state index in [1.165, 1.54) is 6.08 Å². The first-order valence-electron chi connectivity index (χ1n) is 12.8. The van der Waals surface area contributed by atoms with Gasteiger partial charge in [-0.05, 0) is 39.8 Å². The van der Waals surface area contributed by atoms with Crippen molar-refractivity contribution in [3.63, 3.8) is 0 Å². The zero-order chi connectivity index (χ0) is 39.7. The number of nitrogens with zero attached hydrogens (tertiary/aromatic N) is 6. The van der Waals surface area contributed by atoms with E-state index in [1.54, 1.807) is 42.5 Å². The van der Waals surface area contributed by atoms with Gasteiger partial charge in [0.25, 0.3) is 0 Å². The molecule has 1 heterocycles. The number of hydrogen-bond donors (Lipinski definition) is 1. The van der Waals surface area contributed by atoms with Crippen LogP contribution in [0.25, 0.3) is 37.9 Å². The topological polar surface area (TPSA) is 174 Å². The molecule has 0 unspecified atom stereocenters. The van der Waals surface area contributed by atoms with Gasteiger partial charge in [0.2, 0.25) is 0 Å². The van der Waals surface area contributed by atoms with Gasteiger partial charge in [-0.25, -0.2) is 0 Å². The zero-order valence-electron chi connectivity index (χ0n) is 26.3. The number of azide groups is 2. The second-order valence-corrected chi connectivity index (χ2v) is 31.1. The number of carbonyl (C=O) groups is 3. The number of para-hydroxylation sites is 1. The fourth-order valence-corrected chi connectivity index (χ4v) is 2.76. The van der Waals surface area contributed by atoms with Crippen LogP contribution in [-0.4, -0.2) is 64.3 Å². The van der Waals surface area contributed by atoms with Crippen LogP contribution in [0.3, 0.4) is 0 Å². The maximum atomic E-state index is 10.8. The summed E-state index contributed by atoms with van der Waals surface area (Å²) >= 11 is 15.9. The van der Waals surface area contributed by atoms with Gasteiger partial charge < -0.3 is 19.3 Å². The molecule has 0 spiro atoms. The molecular weight excluding hydrogens is 1520 g/mol. The van der Waals surface area contributed by atoms with Gasteiger partial charge in [-0.15, -0.1) is 0 Å². The molecule has 4 rings (SSSR count). The molecule has 266 valence electrons. The molecule has 0 saturated heterocycles. The average Bonchev–Trinajstić information content (AvgIpc) is 3.61. The van der Waals surface area contributed by atoms with E-state index in [0.29, 0.717) is 24.6 Å². The fourth-order valence-electron chi connectivity index (χ4n) is 2.76. The normalized spacial score (nSPS) is 8.43. The van der Waals surface area contributed by atoms with E-state index >= 15 is 0 Å². The number of carbonyl (C=O) groups excluding carboxylic acids is 3. The van der Waals surface area contributed by atoms with Crippen molar-refractivity contribution in [2.75, 3.05) is 18.2 Å². The van der Waals surface area contributed by atoms with Crippen molar-refractivity contribution in [1.82, 2.24) is 4.98 Å². The number of ether oxygens (including phenoxy) is 1. The number of aldehydes is 1. The van der Waals surface area contributed by atoms with Crippen LogP contribution in [0.1, 0.15) is 27.8 Å². The number of nitrogens with one attached hydrogen (secondary N) is 1. The summed E-state index contributed by atoms with van der Waals surface area (Å²) in [6, 6.07) is 27.5. The van der Waals surface area contributed by atoms with Gasteiger partial charge in [0.05, 0.1) is 11.4 Å². The molecule has 4 aromatic rings. The summed E-state index contributed by atoms with van der Waals surface area (Å²) in [7, 11) is 16.2. The van der Waals surface area contributed by atoms with E-state index in [0.717, 1.165) is 28.3 Å². The van der Waals surface area contributed by atoms with Gasteiger partial charge in [-0.2, -0.15) is 0 Å². The predicted octanol–water partition coefficient (Wildman–Crippen LogP) is 12.0. The summed E-state index contributed by atoms with van der Waals surface area (Å²) in [6.45, 7) is 0.117. The van der Waals surface area contributed by atoms with E-state index in [-0.39, 0.29) is 20.4 Å². The number of aromatic nitrogens is 1. The third kappa shape index (κ3) is 37.7. The van der Waals surface area contributed by atoms with Crippen molar-refractivity contribution in [2.24, 2.45) is 10.2 Å². The molecule has 11 nitrogen and oxygen atoms in total. The zero-order valence-corrected chi connectivity index (χ0v) is 44.2. The Labute approximate surface area is 398 Å². The molecule has 51 heavy (non-hydrogen) atoms. The molecule has 23 heteroatoms. The number of benzene rings is 3. The fraction of sp³-hybridized carbons (Fsp3) is 0.107. The minimum absolute atomic E-state index is 0. The molecule has 0 saturated carbocycles. The molecule has 0 amide bonds. The third-order valence-electron chi connectivity index (χ3n) is 4.57. The average molecular weight is 1550 g/mol. The Morgan fingerprint density at radius 1 is 0.863 bits per heavy atom. The number of aromatic amines is 1. The number of hydrogen-bond acceptors (Lipinski definition) is 6. The third-order valence-corrected chi connectivity index (χ3v) is 4.57. The standard InChI is InChI=1S/C9H6BN3O.C9H6BNO.C7H6O.C2H4BN3O.CH3I.I2.4HI.2V.H2/c10-9(14)8(12-13-11)6-7-4-2-1-3-5-7;10-9(12)8-5-6-3-1-2-4-7(6)11-8;8-6-7-4-2-1-3-5-7;3-1-7-2-5-6-4;2*1-2;;;;;;;/h1-6H;1-5,11H;1-6H;1-2H2;1H3;;4*1H;;;1H/q;;;;;;;;;;2*+2;/p-4/b8-6-;;;;;;;;;;;;/i;;;;;;;;;;;;1+1. The number of alkyl halides is 1. The molecule has 0 fully saturated rings. The first-order chi connectivity index (χ1) is 24.7. The molecule has 0 aliphatic heterocycles. The Morgan fingerprint density at radius 2 is 1.33 bits per heavy atom. The van der Waals surface area contributed by atoms with Crippen molar-refractivity contribution in [3.05, 3.63) is 134 Å². The van der Waals surface area contributed by atoms with Gasteiger partial charge in [-0.1, -0.05) is 112 Å². The second-order valence-electron chi connectivity index (χ2n) is 7.52. The second kappa shape index (κ2) is 47.2. The summed E-state index contributed by atoms with van der Waals surface area (Å²) < 4.78 is 4.43. The number of rotatable bonds is 8. The Bertz CT molecular complexity index is 1560. The molecular formula is C28H27B3I7N7O4V2. The summed E-state index contributed by atoms with van der Waals surface area (Å²) in [5.41, 5.74) is 17.4. The molecule has 0 aliphatic rings. The number of allylic oxidation sites excluding steroid dienone is 1. The number of H-pyrrole nitrogens is 1. The maximum absolute atomic E-state index is 10.8. The Hall–Kier alpha value is 1.00. The summed E-state index contributed by atoms with van der Waals surface area (Å²) in [6.07, 6.45) is 2.27. The molecule has 1 N–H and O–H groups in total. The predicted molar refractivity (Wildman–Crippen MR) is 266 cm³/mol. The van der Waals surface area contributed by atoms with Crippen LogP contribution in [0.4, 0.5) is 0 Å². The molecule has 3 aromatic carbocycles. The van der Waals surface area contributed by atoms with Gasteiger partial charge >= 0.3 is 98.8 Å². The molecule has 0 bridgehead atoms. The van der Waals surface area contributed by atoms with E-state index in [4.69, 9.17) is 34.6 Å². The summed E-state index contributed by atoms with van der Waals surface area (Å²) in [4.78, 5) is 41.4. The van der Waals surface area contributed by atoms with Gasteiger partial charge in [-0.3, -0.25) is 4.79 Å². The number of fused-ring (bicyclic) bond motifs is 1. The van der Waals surface area contributed by atoms with E-state index in [9.17, 15) is 14.4 Å². The summed E-state index contributed by atoms with van der Waals surface area (Å²) in [5, 5.41) is 7.23. The van der Waals surface area contributed by atoms with Crippen LogP contribution >= 0.6 is 140 Å². The van der Waals surface area contributed by atoms with Crippen molar-refractivity contribution >= 4 is 198 Å². The van der Waals surface area contributed by atoms with Crippen molar-refractivity contribution in [2.45, 2.75) is 0 Å². The van der Waals surface area contributed by atoms with E-state index in [1.807, 2.05) is 53.5 Å². The molecule has 1 aromatic heterocycles. The van der Waals surface area contributed by atoms with Crippen LogP contribution in [0.15, 0.2) is 107 Å². The van der Waals surface area contributed by atoms with Gasteiger partial charge in [0, 0.05) is 71.5 Å². The van der Waals surface area contributed by atoms with E-state index < -0.39 is 11.4 Å². The molecule has 0 atom stereocenters. The van der Waals surface area contributed by atoms with Crippen molar-refractivity contribution in [3.8, 4) is 0 Å². The van der Waals surface area contributed by atoms with Crippen LogP contribution in [0, 0.1) is 0 Å².